The van der Waals surface area contributed by atoms with Gasteiger partial charge in [-0.2, -0.15) is 0 Å². The van der Waals surface area contributed by atoms with Gasteiger partial charge in [0.25, 0.3) is 17.1 Å². The van der Waals surface area contributed by atoms with Crippen LogP contribution in [0.3, 0.4) is 0 Å². The molecular weight excluding hydrogens is 575 g/mol. The second-order valence-electron chi connectivity index (χ2n) is 8.05. The molecule has 35 heavy (non-hydrogen) atoms. The number of benzene rings is 3. The van der Waals surface area contributed by atoms with Crippen molar-refractivity contribution in [2.75, 3.05) is 11.9 Å². The number of halogens is 1. The third-order valence-electron chi connectivity index (χ3n) is 5.53. The van der Waals surface area contributed by atoms with Gasteiger partial charge in [-0.1, -0.05) is 36.4 Å². The van der Waals surface area contributed by atoms with Gasteiger partial charge in [-0.3, -0.25) is 19.3 Å². The van der Waals surface area contributed by atoms with Crippen molar-refractivity contribution in [1.29, 1.82) is 0 Å². The summed E-state index contributed by atoms with van der Waals surface area (Å²) >= 11 is 3.13. The highest BCUT2D eigenvalue weighted by Crippen LogP contribution is 2.33. The summed E-state index contributed by atoms with van der Waals surface area (Å²) in [5.41, 5.74) is 4.47. The van der Waals surface area contributed by atoms with Crippen LogP contribution in [0.1, 0.15) is 22.3 Å². The van der Waals surface area contributed by atoms with Crippen LogP contribution >= 0.6 is 34.4 Å². The van der Waals surface area contributed by atoms with Gasteiger partial charge in [0, 0.05) is 9.26 Å². The van der Waals surface area contributed by atoms with Crippen molar-refractivity contribution in [3.8, 4) is 5.75 Å². The van der Waals surface area contributed by atoms with Gasteiger partial charge < -0.3 is 10.1 Å². The average molecular weight is 598 g/mol. The minimum atomic E-state index is -0.322. The van der Waals surface area contributed by atoms with Crippen molar-refractivity contribution in [3.63, 3.8) is 0 Å². The molecule has 3 aromatic rings. The number of hydrogen-bond acceptors (Lipinski definition) is 5. The highest BCUT2D eigenvalue weighted by Gasteiger charge is 2.34. The molecule has 1 saturated heterocycles. The van der Waals surface area contributed by atoms with Gasteiger partial charge in [0.05, 0.1) is 11.4 Å². The predicted molar refractivity (Wildman–Crippen MR) is 147 cm³/mol. The molecule has 0 saturated carbocycles. The van der Waals surface area contributed by atoms with Crippen molar-refractivity contribution in [2.24, 2.45) is 0 Å². The second kappa shape index (κ2) is 11.1. The number of nitrogens with zero attached hydrogens (tertiary/aromatic N) is 1. The van der Waals surface area contributed by atoms with Crippen LogP contribution in [0.15, 0.2) is 71.6 Å². The molecule has 6 nitrogen and oxygen atoms in total. The predicted octanol–water partition coefficient (Wildman–Crippen LogP) is 6.16. The lowest BCUT2D eigenvalue weighted by molar-refractivity contribution is -0.123. The average Bonchev–Trinajstić information content (AvgIpc) is 3.09. The first-order chi connectivity index (χ1) is 16.8. The number of nitrogens with one attached hydrogen (secondary N) is 1. The largest absolute Gasteiger partial charge is 0.484 e. The summed E-state index contributed by atoms with van der Waals surface area (Å²) in [6, 6.07) is 20.5. The smallest absolute Gasteiger partial charge is 0.293 e. The van der Waals surface area contributed by atoms with Crippen LogP contribution in [-0.2, 0) is 16.1 Å². The molecule has 0 radical (unpaired) electrons. The second-order valence-corrected chi connectivity index (χ2v) is 10.3. The number of rotatable bonds is 7. The number of carbonyl (C=O) groups is 3. The molecule has 0 atom stereocenters. The lowest BCUT2D eigenvalue weighted by Crippen LogP contribution is -2.27. The van der Waals surface area contributed by atoms with E-state index in [0.29, 0.717) is 16.2 Å². The van der Waals surface area contributed by atoms with Crippen LogP contribution in [0.4, 0.5) is 10.5 Å². The first-order valence-corrected chi connectivity index (χ1v) is 12.8. The number of thioether (sulfide) groups is 1. The molecule has 0 bridgehead atoms. The third-order valence-corrected chi connectivity index (χ3v) is 7.16. The van der Waals surface area contributed by atoms with Crippen molar-refractivity contribution in [1.82, 2.24) is 4.90 Å². The van der Waals surface area contributed by atoms with E-state index < -0.39 is 0 Å². The Bertz CT molecular complexity index is 1320. The lowest BCUT2D eigenvalue weighted by atomic mass is 10.1. The number of anilines is 1. The fourth-order valence-corrected chi connectivity index (χ4v) is 4.67. The van der Waals surface area contributed by atoms with E-state index in [4.69, 9.17) is 4.74 Å². The third kappa shape index (κ3) is 6.32. The molecule has 1 fully saturated rings. The van der Waals surface area contributed by atoms with Crippen molar-refractivity contribution in [2.45, 2.75) is 20.4 Å². The van der Waals surface area contributed by atoms with Gasteiger partial charge in [-0.05, 0) is 107 Å². The minimum Gasteiger partial charge on any atom is -0.484 e. The number of hydrogen-bond donors (Lipinski definition) is 1. The summed E-state index contributed by atoms with van der Waals surface area (Å²) in [4.78, 5) is 39.3. The van der Waals surface area contributed by atoms with E-state index in [9.17, 15) is 14.4 Å². The van der Waals surface area contributed by atoms with E-state index in [1.54, 1.807) is 24.3 Å². The van der Waals surface area contributed by atoms with Gasteiger partial charge >= 0.3 is 0 Å². The molecule has 8 heteroatoms. The van der Waals surface area contributed by atoms with Gasteiger partial charge in [-0.25, -0.2) is 0 Å². The molecule has 0 spiro atoms. The molecule has 3 amide bonds. The summed E-state index contributed by atoms with van der Waals surface area (Å²) in [5, 5.41) is 2.57. The highest BCUT2D eigenvalue weighted by molar-refractivity contribution is 14.1. The SMILES string of the molecule is Cc1cccc(NC(=O)COc2cccc(/C=C3\SC(=O)N(Cc4ccc(I)cc4)C3=O)c2)c1C. The lowest BCUT2D eigenvalue weighted by Gasteiger charge is -2.12. The summed E-state index contributed by atoms with van der Waals surface area (Å²) in [6.45, 7) is 4.03. The highest BCUT2D eigenvalue weighted by atomic mass is 127. The fourth-order valence-electron chi connectivity index (χ4n) is 3.48. The maximum Gasteiger partial charge on any atom is 0.293 e. The summed E-state index contributed by atoms with van der Waals surface area (Å²) in [7, 11) is 0. The molecule has 178 valence electrons. The van der Waals surface area contributed by atoms with E-state index in [1.165, 1.54) is 4.90 Å². The van der Waals surface area contributed by atoms with E-state index in [0.717, 1.165) is 37.7 Å². The quantitative estimate of drug-likeness (QED) is 0.261. The molecule has 0 aromatic heterocycles. The standard InChI is InChI=1S/C27H23IN2O4S/c1-17-5-3-8-23(18(17)2)29-25(31)16-34-22-7-4-6-20(13-22)14-24-26(32)30(27(33)35-24)15-19-9-11-21(28)12-10-19/h3-14H,15-16H2,1-2H3,(H,29,31)/b24-14-. The Morgan fingerprint density at radius 1 is 1.06 bits per heavy atom. The van der Waals surface area contributed by atoms with Crippen molar-refractivity contribution in [3.05, 3.63) is 97.5 Å². The zero-order valence-electron chi connectivity index (χ0n) is 19.2. The van der Waals surface area contributed by atoms with Crippen LogP contribution in [0.25, 0.3) is 6.08 Å². The summed E-state index contributed by atoms with van der Waals surface area (Å²) in [6.07, 6.45) is 1.67. The summed E-state index contributed by atoms with van der Waals surface area (Å²) < 4.78 is 6.75. The zero-order valence-corrected chi connectivity index (χ0v) is 22.2. The van der Waals surface area contributed by atoms with E-state index in [2.05, 4.69) is 27.9 Å². The van der Waals surface area contributed by atoms with Gasteiger partial charge in [0.2, 0.25) is 0 Å². The Kier molecular flexibility index (Phi) is 7.92. The van der Waals surface area contributed by atoms with Gasteiger partial charge in [0.1, 0.15) is 5.75 Å². The van der Waals surface area contributed by atoms with Crippen LogP contribution < -0.4 is 10.1 Å². The van der Waals surface area contributed by atoms with Crippen LogP contribution in [0.2, 0.25) is 0 Å². The molecule has 1 aliphatic rings. The molecular formula is C27H23IN2O4S. The maximum absolute atomic E-state index is 12.8. The molecule has 4 rings (SSSR count). The molecule has 0 aliphatic carbocycles. The molecule has 3 aromatic carbocycles. The number of imide groups is 1. The zero-order chi connectivity index (χ0) is 24.9. The Morgan fingerprint density at radius 3 is 2.57 bits per heavy atom. The topological polar surface area (TPSA) is 75.7 Å². The van der Waals surface area contributed by atoms with Crippen LogP contribution in [0.5, 0.6) is 5.75 Å². The van der Waals surface area contributed by atoms with Crippen LogP contribution in [0, 0.1) is 17.4 Å². The first kappa shape index (κ1) is 25.0. The fraction of sp³-hybridized carbons (Fsp3) is 0.148. The Labute approximate surface area is 221 Å². The number of amides is 3. The first-order valence-electron chi connectivity index (χ1n) is 10.9. The van der Waals surface area contributed by atoms with E-state index >= 15 is 0 Å². The van der Waals surface area contributed by atoms with Gasteiger partial charge in [0.15, 0.2) is 6.61 Å². The summed E-state index contributed by atoms with van der Waals surface area (Å²) in [5.74, 6) is -0.0911. The Morgan fingerprint density at radius 2 is 1.80 bits per heavy atom. The molecule has 1 heterocycles. The molecule has 1 N–H and O–H groups in total. The molecule has 0 unspecified atom stereocenters. The van der Waals surface area contributed by atoms with Crippen molar-refractivity contribution >= 4 is 63.2 Å². The minimum absolute atomic E-state index is 0.149. The maximum atomic E-state index is 12.8. The monoisotopic (exact) mass is 598 g/mol. The van der Waals surface area contributed by atoms with E-state index in [1.807, 2.05) is 62.4 Å². The Balaban J connectivity index is 1.39. The number of ether oxygens (including phenoxy) is 1. The number of carbonyl (C=O) groups excluding carboxylic acids is 3. The normalized spacial score (nSPS) is 14.5. The van der Waals surface area contributed by atoms with E-state index in [-0.39, 0.29) is 30.2 Å². The Hall–Kier alpha value is -3.11. The van der Waals surface area contributed by atoms with Crippen molar-refractivity contribution < 1.29 is 19.1 Å². The molecule has 1 aliphatic heterocycles. The van der Waals surface area contributed by atoms with Crippen LogP contribution in [-0.4, -0.2) is 28.6 Å². The van der Waals surface area contributed by atoms with Gasteiger partial charge in [-0.15, -0.1) is 0 Å². The number of aryl methyl sites for hydroxylation is 1.